The second-order valence-corrected chi connectivity index (χ2v) is 15.3. The normalized spacial score (nSPS) is 16.0. The highest BCUT2D eigenvalue weighted by Crippen LogP contribution is 2.27. The van der Waals surface area contributed by atoms with Crippen molar-refractivity contribution in [1.82, 2.24) is 10.0 Å². The van der Waals surface area contributed by atoms with Crippen molar-refractivity contribution in [2.45, 2.75) is 87.5 Å². The van der Waals surface area contributed by atoms with E-state index in [1.807, 2.05) is 65.4 Å². The third-order valence-corrected chi connectivity index (χ3v) is 9.34. The first kappa shape index (κ1) is 36.7. The molecule has 0 aromatic heterocycles. The molecule has 2 aliphatic rings. The summed E-state index contributed by atoms with van der Waals surface area (Å²) >= 11 is 0. The van der Waals surface area contributed by atoms with Crippen molar-refractivity contribution < 1.29 is 41.1 Å². The number of ether oxygens (including phenoxy) is 1. The zero-order chi connectivity index (χ0) is 33.1. The Hall–Kier alpha value is -3.53. The molecule has 0 radical (unpaired) electrons. The Kier molecular flexibility index (Phi) is 13.3. The van der Waals surface area contributed by atoms with Crippen molar-refractivity contribution in [2.75, 3.05) is 0 Å². The minimum absolute atomic E-state index is 0.201. The van der Waals surface area contributed by atoms with E-state index < -0.39 is 61.0 Å². The molecule has 2 aliphatic carbocycles. The summed E-state index contributed by atoms with van der Waals surface area (Å²) in [7, 11) is -6.63. The lowest BCUT2D eigenvalue weighted by Gasteiger charge is -2.22. The van der Waals surface area contributed by atoms with E-state index in [2.05, 4.69) is 5.32 Å². The van der Waals surface area contributed by atoms with E-state index in [0.717, 1.165) is 24.0 Å². The number of aliphatic carboxylic acids is 1. The van der Waals surface area contributed by atoms with Gasteiger partial charge in [0, 0.05) is 6.42 Å². The molecule has 0 bridgehead atoms. The van der Waals surface area contributed by atoms with Crippen LogP contribution in [0.25, 0.3) is 0 Å². The number of amides is 2. The number of nitrogens with two attached hydrogens (primary N) is 2. The zero-order valence-corrected chi connectivity index (χ0v) is 26.6. The van der Waals surface area contributed by atoms with Crippen LogP contribution in [0.5, 0.6) is 0 Å². The molecule has 0 spiro atoms. The number of hydrogen-bond donors (Lipinski definition) is 5. The molecule has 13 nitrogen and oxygen atoms in total. The second-order valence-electron chi connectivity index (χ2n) is 11.5. The van der Waals surface area contributed by atoms with Crippen molar-refractivity contribution in [2.24, 2.45) is 10.9 Å². The summed E-state index contributed by atoms with van der Waals surface area (Å²) in [5.41, 5.74) is 6.79. The molecular formula is C29H42N4O9S2. The van der Waals surface area contributed by atoms with Crippen LogP contribution in [0.15, 0.2) is 60.7 Å². The fourth-order valence-corrected chi connectivity index (χ4v) is 5.68. The minimum Gasteiger partial charge on any atom is -0.480 e. The Balaban J connectivity index is 0.000000252. The molecule has 0 aliphatic heterocycles. The summed E-state index contributed by atoms with van der Waals surface area (Å²) in [6.45, 7) is 5.17. The highest BCUT2D eigenvalue weighted by Gasteiger charge is 2.37. The van der Waals surface area contributed by atoms with Crippen LogP contribution in [0, 0.1) is 0 Å². The van der Waals surface area contributed by atoms with Gasteiger partial charge < -0.3 is 20.9 Å². The molecule has 2 atom stereocenters. The average Bonchev–Trinajstić information content (AvgIpc) is 3.81. The Morgan fingerprint density at radius 2 is 1.32 bits per heavy atom. The van der Waals surface area contributed by atoms with Crippen molar-refractivity contribution in [3.63, 3.8) is 0 Å². The fourth-order valence-electron chi connectivity index (χ4n) is 3.53. The van der Waals surface area contributed by atoms with Crippen molar-refractivity contribution >= 4 is 38.0 Å². The van der Waals surface area contributed by atoms with Gasteiger partial charge in [0.15, 0.2) is 0 Å². The van der Waals surface area contributed by atoms with Crippen molar-refractivity contribution in [3.05, 3.63) is 71.8 Å². The lowest BCUT2D eigenvalue weighted by molar-refractivity contribution is -0.139. The van der Waals surface area contributed by atoms with Gasteiger partial charge in [-0.2, -0.15) is 0 Å². The van der Waals surface area contributed by atoms with E-state index in [9.17, 15) is 31.2 Å². The van der Waals surface area contributed by atoms with Gasteiger partial charge in [-0.3, -0.25) is 9.52 Å². The number of nitrogens with one attached hydrogen (secondary N) is 2. The topological polar surface area (TPSA) is 225 Å². The Morgan fingerprint density at radius 3 is 1.68 bits per heavy atom. The van der Waals surface area contributed by atoms with Crippen molar-refractivity contribution in [3.8, 4) is 0 Å². The molecule has 0 unspecified atom stereocenters. The third-order valence-electron chi connectivity index (χ3n) is 6.10. The number of benzene rings is 2. The molecule has 2 fully saturated rings. The quantitative estimate of drug-likeness (QED) is 0.250. The van der Waals surface area contributed by atoms with E-state index >= 15 is 0 Å². The van der Waals surface area contributed by atoms with Crippen LogP contribution < -0.4 is 20.9 Å². The molecule has 0 saturated heterocycles. The van der Waals surface area contributed by atoms with Crippen molar-refractivity contribution in [1.29, 1.82) is 0 Å². The van der Waals surface area contributed by atoms with Crippen LogP contribution >= 0.6 is 0 Å². The molecule has 15 heteroatoms. The molecule has 44 heavy (non-hydrogen) atoms. The first-order valence-corrected chi connectivity index (χ1v) is 17.2. The highest BCUT2D eigenvalue weighted by atomic mass is 32.2. The van der Waals surface area contributed by atoms with Crippen LogP contribution in [0.3, 0.4) is 0 Å². The minimum atomic E-state index is -3.50. The molecule has 4 rings (SSSR count). The van der Waals surface area contributed by atoms with E-state index in [-0.39, 0.29) is 11.7 Å². The maximum absolute atomic E-state index is 11.7. The van der Waals surface area contributed by atoms with Gasteiger partial charge in [0.2, 0.25) is 20.0 Å². The zero-order valence-electron chi connectivity index (χ0n) is 25.0. The summed E-state index contributed by atoms with van der Waals surface area (Å²) < 4.78 is 50.6. The number of carboxylic acid groups (broad SMARTS) is 1. The number of primary sulfonamides is 1. The maximum Gasteiger partial charge on any atom is 0.408 e. The summed E-state index contributed by atoms with van der Waals surface area (Å²) in [5.74, 6) is -1.72. The molecule has 2 amide bonds. The van der Waals surface area contributed by atoms with E-state index in [4.69, 9.17) is 20.7 Å². The van der Waals surface area contributed by atoms with E-state index in [0.29, 0.717) is 19.3 Å². The monoisotopic (exact) mass is 654 g/mol. The molecule has 2 aromatic carbocycles. The summed E-state index contributed by atoms with van der Waals surface area (Å²) in [6.07, 6.45) is 2.59. The predicted molar refractivity (Wildman–Crippen MR) is 165 cm³/mol. The molecule has 244 valence electrons. The number of carbonyl (C=O) groups is 3. The van der Waals surface area contributed by atoms with Crippen LogP contribution in [0.4, 0.5) is 4.79 Å². The summed E-state index contributed by atoms with van der Waals surface area (Å²) in [5, 5.41) is 15.6. The lowest BCUT2D eigenvalue weighted by Crippen LogP contribution is -2.45. The maximum atomic E-state index is 11.7. The van der Waals surface area contributed by atoms with Crippen LogP contribution in [-0.4, -0.2) is 68.1 Å². The molecule has 0 heterocycles. The fraction of sp³-hybridized carbons (Fsp3) is 0.483. The van der Waals surface area contributed by atoms with Crippen LogP contribution in [0.2, 0.25) is 0 Å². The first-order chi connectivity index (χ1) is 20.4. The second kappa shape index (κ2) is 16.0. The lowest BCUT2D eigenvalue weighted by atomic mass is 10.1. The van der Waals surface area contributed by atoms with Gasteiger partial charge in [-0.05, 0) is 64.0 Å². The van der Waals surface area contributed by atoms with Gasteiger partial charge in [-0.1, -0.05) is 60.7 Å². The number of sulfonamides is 2. The van der Waals surface area contributed by atoms with Gasteiger partial charge in [-0.25, -0.2) is 31.6 Å². The van der Waals surface area contributed by atoms with Gasteiger partial charge >= 0.3 is 12.1 Å². The van der Waals surface area contributed by atoms with Crippen LogP contribution in [-0.2, 0) is 47.2 Å². The van der Waals surface area contributed by atoms with E-state index in [1.54, 1.807) is 20.8 Å². The number of carbonyl (C=O) groups excluding carboxylic acids is 2. The Labute approximate surface area is 258 Å². The number of hydrogen-bond acceptors (Lipinski definition) is 9. The van der Waals surface area contributed by atoms with E-state index in [1.165, 1.54) is 0 Å². The van der Waals surface area contributed by atoms with Gasteiger partial charge in [0.05, 0.1) is 16.5 Å². The van der Waals surface area contributed by atoms with Gasteiger partial charge in [0.1, 0.15) is 11.6 Å². The molecule has 2 aromatic rings. The van der Waals surface area contributed by atoms with Gasteiger partial charge in [-0.15, -0.1) is 0 Å². The molecule has 7 N–H and O–H groups in total. The molecular weight excluding hydrogens is 612 g/mol. The van der Waals surface area contributed by atoms with Crippen LogP contribution in [0.1, 0.15) is 57.6 Å². The number of carboxylic acids is 1. The highest BCUT2D eigenvalue weighted by molar-refractivity contribution is 7.91. The SMILES string of the molecule is CC(C)(C)OC(=O)N[C@@H](Cc1ccccc1)C(=O)O.NS(=O)(=O)C1CC1.N[C@@H](Cc1ccccc1)C(=O)NS(=O)(=O)C1CC1. The smallest absolute Gasteiger partial charge is 0.408 e. The Bertz CT molecular complexity index is 1460. The third kappa shape index (κ3) is 14.8. The number of alkyl carbamates (subject to hydrolysis) is 1. The van der Waals surface area contributed by atoms with Gasteiger partial charge in [0.25, 0.3) is 5.91 Å². The number of rotatable bonds is 10. The summed E-state index contributed by atoms with van der Waals surface area (Å²) in [4.78, 5) is 34.4. The largest absolute Gasteiger partial charge is 0.480 e. The summed E-state index contributed by atoms with van der Waals surface area (Å²) in [6, 6.07) is 16.5. The average molecular weight is 655 g/mol. The Morgan fingerprint density at radius 1 is 0.864 bits per heavy atom. The molecule has 2 saturated carbocycles. The first-order valence-electron chi connectivity index (χ1n) is 14.0. The predicted octanol–water partition coefficient (Wildman–Crippen LogP) is 1.81. The standard InChI is InChI=1S/C14H19NO4.C12H16N2O3S.C3H7NO2S/c1-14(2,3)19-13(18)15-11(12(16)17)9-10-7-5-4-6-8-10;13-11(8-9-4-2-1-3-5-9)12(15)14-18(16,17)10-6-7-10;4-7(5,6)3-1-2-3/h4-8,11H,9H2,1-3H3,(H,15,18)(H,16,17);1-5,10-11H,6-8,13H2,(H,14,15);3H,1-2H2,(H2,4,5,6)/t2*11-;/m00./s1.